The molecule has 0 spiro atoms. The SMILES string of the molecule is CC(O)(c1ccoc1)c1cccc(OC(F)(F)F)c1. The quantitative estimate of drug-likeness (QED) is 0.930. The summed E-state index contributed by atoms with van der Waals surface area (Å²) in [6.07, 6.45) is -2.06. The van der Waals surface area contributed by atoms with Gasteiger partial charge in [-0.05, 0) is 30.7 Å². The fourth-order valence-electron chi connectivity index (χ4n) is 1.70. The highest BCUT2D eigenvalue weighted by atomic mass is 19.4. The molecule has 1 heterocycles. The molecule has 0 bridgehead atoms. The summed E-state index contributed by atoms with van der Waals surface area (Å²) in [5.41, 5.74) is -0.745. The van der Waals surface area contributed by atoms with Gasteiger partial charge in [0.1, 0.15) is 11.4 Å². The molecule has 0 saturated carbocycles. The molecule has 0 aliphatic rings. The predicted octanol–water partition coefficient (Wildman–Crippen LogP) is 3.43. The Morgan fingerprint density at radius 3 is 2.47 bits per heavy atom. The highest BCUT2D eigenvalue weighted by Crippen LogP contribution is 2.32. The number of rotatable bonds is 3. The monoisotopic (exact) mass is 272 g/mol. The van der Waals surface area contributed by atoms with Crippen LogP contribution in [0.25, 0.3) is 0 Å². The molecule has 19 heavy (non-hydrogen) atoms. The van der Waals surface area contributed by atoms with Gasteiger partial charge in [0.15, 0.2) is 0 Å². The second kappa shape index (κ2) is 4.62. The Balaban J connectivity index is 2.33. The van der Waals surface area contributed by atoms with E-state index < -0.39 is 12.0 Å². The first-order valence-corrected chi connectivity index (χ1v) is 5.40. The number of hydrogen-bond acceptors (Lipinski definition) is 3. The van der Waals surface area contributed by atoms with E-state index in [-0.39, 0.29) is 11.3 Å². The molecule has 0 aliphatic carbocycles. The number of furan rings is 1. The summed E-state index contributed by atoms with van der Waals surface area (Å²) in [5.74, 6) is -0.381. The van der Waals surface area contributed by atoms with Crippen LogP contribution in [0.3, 0.4) is 0 Å². The zero-order valence-corrected chi connectivity index (χ0v) is 9.94. The van der Waals surface area contributed by atoms with Crippen LogP contribution in [-0.4, -0.2) is 11.5 Å². The average Bonchev–Trinajstić information content (AvgIpc) is 2.80. The van der Waals surface area contributed by atoms with Crippen molar-refractivity contribution in [2.75, 3.05) is 0 Å². The molecule has 1 atom stereocenters. The van der Waals surface area contributed by atoms with Crippen LogP contribution >= 0.6 is 0 Å². The summed E-state index contributed by atoms with van der Waals surface area (Å²) >= 11 is 0. The lowest BCUT2D eigenvalue weighted by Crippen LogP contribution is -2.23. The fraction of sp³-hybridized carbons (Fsp3) is 0.231. The topological polar surface area (TPSA) is 42.6 Å². The molecule has 102 valence electrons. The van der Waals surface area contributed by atoms with E-state index >= 15 is 0 Å². The van der Waals surface area contributed by atoms with Gasteiger partial charge in [0.05, 0.1) is 12.5 Å². The number of hydrogen-bond donors (Lipinski definition) is 1. The lowest BCUT2D eigenvalue weighted by Gasteiger charge is -2.23. The van der Waals surface area contributed by atoms with Gasteiger partial charge >= 0.3 is 6.36 Å². The van der Waals surface area contributed by atoms with Gasteiger partial charge in [-0.3, -0.25) is 0 Å². The van der Waals surface area contributed by atoms with Crippen molar-refractivity contribution in [3.05, 3.63) is 54.0 Å². The van der Waals surface area contributed by atoms with Gasteiger partial charge in [-0.15, -0.1) is 13.2 Å². The minimum Gasteiger partial charge on any atom is -0.472 e. The van der Waals surface area contributed by atoms with Gasteiger partial charge in [-0.1, -0.05) is 12.1 Å². The van der Waals surface area contributed by atoms with Gasteiger partial charge in [0.2, 0.25) is 0 Å². The van der Waals surface area contributed by atoms with Crippen LogP contribution in [0.15, 0.2) is 47.3 Å². The van der Waals surface area contributed by atoms with E-state index in [0.717, 1.165) is 6.07 Å². The van der Waals surface area contributed by atoms with Crippen molar-refractivity contribution < 1.29 is 27.4 Å². The maximum Gasteiger partial charge on any atom is 0.573 e. The Hall–Kier alpha value is -1.95. The van der Waals surface area contributed by atoms with Crippen molar-refractivity contribution in [2.45, 2.75) is 18.9 Å². The molecule has 6 heteroatoms. The maximum atomic E-state index is 12.1. The van der Waals surface area contributed by atoms with Crippen LogP contribution in [0.2, 0.25) is 0 Å². The molecule has 1 aromatic heterocycles. The van der Waals surface area contributed by atoms with Gasteiger partial charge in [-0.25, -0.2) is 0 Å². The number of halogens is 3. The molecule has 0 saturated heterocycles. The van der Waals surface area contributed by atoms with Crippen LogP contribution in [0, 0.1) is 0 Å². The molecular weight excluding hydrogens is 261 g/mol. The number of ether oxygens (including phenoxy) is 1. The maximum absolute atomic E-state index is 12.1. The smallest absolute Gasteiger partial charge is 0.472 e. The number of benzene rings is 1. The van der Waals surface area contributed by atoms with E-state index in [1.165, 1.54) is 43.7 Å². The third-order valence-electron chi connectivity index (χ3n) is 2.71. The van der Waals surface area contributed by atoms with Crippen LogP contribution in [-0.2, 0) is 5.60 Å². The lowest BCUT2D eigenvalue weighted by atomic mass is 9.90. The van der Waals surface area contributed by atoms with Crippen molar-refractivity contribution >= 4 is 0 Å². The van der Waals surface area contributed by atoms with E-state index in [2.05, 4.69) is 4.74 Å². The van der Waals surface area contributed by atoms with E-state index in [1.807, 2.05) is 0 Å². The Morgan fingerprint density at radius 2 is 1.89 bits per heavy atom. The van der Waals surface area contributed by atoms with Crippen molar-refractivity contribution in [2.24, 2.45) is 0 Å². The van der Waals surface area contributed by atoms with Crippen molar-refractivity contribution in [1.82, 2.24) is 0 Å². The normalized spacial score (nSPS) is 15.0. The Labute approximate surface area is 107 Å². The molecule has 1 N–H and O–H groups in total. The first kappa shape index (κ1) is 13.5. The summed E-state index contributed by atoms with van der Waals surface area (Å²) in [6, 6.07) is 6.74. The highest BCUT2D eigenvalue weighted by Gasteiger charge is 2.32. The van der Waals surface area contributed by atoms with Crippen LogP contribution in [0.4, 0.5) is 13.2 Å². The van der Waals surface area contributed by atoms with Gasteiger partial charge in [0.25, 0.3) is 0 Å². The minimum atomic E-state index is -4.76. The van der Waals surface area contributed by atoms with Crippen LogP contribution < -0.4 is 4.74 Å². The summed E-state index contributed by atoms with van der Waals surface area (Å²) < 4.78 is 45.1. The second-order valence-corrected chi connectivity index (χ2v) is 4.16. The molecule has 2 aromatic rings. The van der Waals surface area contributed by atoms with E-state index in [4.69, 9.17) is 4.42 Å². The third-order valence-corrected chi connectivity index (χ3v) is 2.71. The van der Waals surface area contributed by atoms with Gasteiger partial charge in [0, 0.05) is 5.56 Å². The standard InChI is InChI=1S/C13H11F3O3/c1-12(17,10-5-6-18-8-10)9-3-2-4-11(7-9)19-13(14,15)16/h2-8,17H,1H3. The van der Waals surface area contributed by atoms with Gasteiger partial charge in [-0.2, -0.15) is 0 Å². The first-order chi connectivity index (χ1) is 8.79. The van der Waals surface area contributed by atoms with Crippen LogP contribution in [0.1, 0.15) is 18.1 Å². The molecule has 0 aliphatic heterocycles. The minimum absolute atomic E-state index is 0.274. The molecule has 3 nitrogen and oxygen atoms in total. The van der Waals surface area contributed by atoms with Crippen molar-refractivity contribution in [3.63, 3.8) is 0 Å². The van der Waals surface area contributed by atoms with Crippen LogP contribution in [0.5, 0.6) is 5.75 Å². The van der Waals surface area contributed by atoms with Gasteiger partial charge < -0.3 is 14.3 Å². The number of aliphatic hydroxyl groups is 1. The number of alkyl halides is 3. The Morgan fingerprint density at radius 1 is 1.16 bits per heavy atom. The molecule has 0 amide bonds. The largest absolute Gasteiger partial charge is 0.573 e. The zero-order chi connectivity index (χ0) is 14.1. The predicted molar refractivity (Wildman–Crippen MR) is 60.5 cm³/mol. The Bertz CT molecular complexity index is 545. The summed E-state index contributed by atoms with van der Waals surface area (Å²) in [7, 11) is 0. The van der Waals surface area contributed by atoms with Crippen molar-refractivity contribution in [3.8, 4) is 5.75 Å². The van der Waals surface area contributed by atoms with E-state index in [9.17, 15) is 18.3 Å². The van der Waals surface area contributed by atoms with E-state index in [0.29, 0.717) is 5.56 Å². The summed E-state index contributed by atoms with van der Waals surface area (Å²) in [4.78, 5) is 0. The molecule has 1 aromatic carbocycles. The van der Waals surface area contributed by atoms with E-state index in [1.54, 1.807) is 0 Å². The molecule has 0 radical (unpaired) electrons. The Kier molecular flexibility index (Phi) is 3.28. The van der Waals surface area contributed by atoms with Crippen molar-refractivity contribution in [1.29, 1.82) is 0 Å². The summed E-state index contributed by atoms with van der Waals surface area (Å²) in [6.45, 7) is 1.46. The first-order valence-electron chi connectivity index (χ1n) is 5.40. The lowest BCUT2D eigenvalue weighted by molar-refractivity contribution is -0.274. The summed E-state index contributed by atoms with van der Waals surface area (Å²) in [5, 5.41) is 10.4. The molecule has 1 unspecified atom stereocenters. The average molecular weight is 272 g/mol. The fourth-order valence-corrected chi connectivity index (χ4v) is 1.70. The second-order valence-electron chi connectivity index (χ2n) is 4.16. The molecule has 2 rings (SSSR count). The third kappa shape index (κ3) is 3.08. The zero-order valence-electron chi connectivity index (χ0n) is 9.94. The molecule has 0 fully saturated rings. The highest BCUT2D eigenvalue weighted by molar-refractivity contribution is 5.38. The molecular formula is C13H11F3O3.